The summed E-state index contributed by atoms with van der Waals surface area (Å²) < 4.78 is 18.2. The Morgan fingerprint density at radius 2 is 1.75 bits per heavy atom. The van der Waals surface area contributed by atoms with E-state index in [-0.39, 0.29) is 30.6 Å². The summed E-state index contributed by atoms with van der Waals surface area (Å²) in [6.07, 6.45) is -0.555. The van der Waals surface area contributed by atoms with Crippen molar-refractivity contribution in [2.45, 2.75) is 45.3 Å². The summed E-state index contributed by atoms with van der Waals surface area (Å²) >= 11 is 0. The van der Waals surface area contributed by atoms with Crippen molar-refractivity contribution in [1.82, 2.24) is 10.3 Å². The lowest BCUT2D eigenvalue weighted by atomic mass is 10.1. The van der Waals surface area contributed by atoms with Gasteiger partial charge in [0.05, 0.1) is 24.7 Å². The van der Waals surface area contributed by atoms with Crippen LogP contribution < -0.4 is 5.32 Å². The summed E-state index contributed by atoms with van der Waals surface area (Å²) in [5.41, 5.74) is 2.53. The summed E-state index contributed by atoms with van der Waals surface area (Å²) in [7, 11) is 0. The van der Waals surface area contributed by atoms with Crippen LogP contribution in [0.3, 0.4) is 0 Å². The number of nitrogens with one attached hydrogen (secondary N) is 1. The number of hydrogen-bond acceptors (Lipinski definition) is 5. The minimum atomic E-state index is -1.02. The summed E-state index contributed by atoms with van der Waals surface area (Å²) in [6.45, 7) is 3.68. The molecule has 2 amide bonds. The molecule has 1 N–H and O–H groups in total. The van der Waals surface area contributed by atoms with E-state index in [1.807, 2.05) is 30.3 Å². The number of hydrogen-bond donors (Lipinski definition) is 1. The Labute approximate surface area is 186 Å². The summed E-state index contributed by atoms with van der Waals surface area (Å²) in [5.74, 6) is -1.74. The molecule has 0 saturated heterocycles. The molecule has 7 nitrogen and oxygen atoms in total. The molecular weight excluding hydrogens is 413 g/mol. The van der Waals surface area contributed by atoms with Crippen molar-refractivity contribution < 1.29 is 23.5 Å². The second-order valence-corrected chi connectivity index (χ2v) is 7.59. The van der Waals surface area contributed by atoms with Gasteiger partial charge in [0.2, 0.25) is 5.91 Å². The van der Waals surface area contributed by atoms with Crippen LogP contribution in [0.25, 0.3) is 0 Å². The average Bonchev–Trinajstić information content (AvgIpc) is 3.29. The van der Waals surface area contributed by atoms with Crippen molar-refractivity contribution in [1.29, 1.82) is 0 Å². The van der Waals surface area contributed by atoms with Crippen molar-refractivity contribution in [3.63, 3.8) is 0 Å². The van der Waals surface area contributed by atoms with E-state index in [1.165, 1.54) is 24.1 Å². The highest BCUT2D eigenvalue weighted by atomic mass is 19.1. The van der Waals surface area contributed by atoms with E-state index in [9.17, 15) is 18.8 Å². The van der Waals surface area contributed by atoms with Gasteiger partial charge in [-0.2, -0.15) is 5.10 Å². The van der Waals surface area contributed by atoms with Crippen LogP contribution in [-0.4, -0.2) is 41.2 Å². The maximum Gasteiger partial charge on any atom is 0.307 e. The molecule has 0 aliphatic carbocycles. The van der Waals surface area contributed by atoms with Gasteiger partial charge < -0.3 is 10.1 Å². The van der Waals surface area contributed by atoms with Gasteiger partial charge in [-0.05, 0) is 37.1 Å². The summed E-state index contributed by atoms with van der Waals surface area (Å²) in [6, 6.07) is 15.0. The molecule has 0 spiro atoms. The van der Waals surface area contributed by atoms with Gasteiger partial charge in [-0.1, -0.05) is 42.5 Å². The number of nitrogens with zero attached hydrogens (tertiary/aromatic N) is 2. The number of ether oxygens (including phenoxy) is 1. The molecule has 0 bridgehead atoms. The number of carbonyl (C=O) groups excluding carboxylic acids is 3. The molecule has 8 heteroatoms. The van der Waals surface area contributed by atoms with Gasteiger partial charge in [0.1, 0.15) is 5.82 Å². The van der Waals surface area contributed by atoms with Gasteiger partial charge in [-0.15, -0.1) is 0 Å². The Morgan fingerprint density at radius 3 is 2.44 bits per heavy atom. The second-order valence-electron chi connectivity index (χ2n) is 7.59. The normalized spacial score (nSPS) is 15.0. The van der Waals surface area contributed by atoms with Crippen LogP contribution in [0.1, 0.15) is 50.3 Å². The molecular formula is C24H26FN3O4. The van der Waals surface area contributed by atoms with E-state index < -0.39 is 18.0 Å². The lowest BCUT2D eigenvalue weighted by Crippen LogP contribution is -2.37. The Bertz CT molecular complexity index is 992. The average molecular weight is 439 g/mol. The SMILES string of the molecule is C[C@@H](OC(=O)CCC(=O)N1CCC(c2ccccc2)=N1)C(=O)N[C@H](C)c1ccc(F)cc1. The topological polar surface area (TPSA) is 88.1 Å². The van der Waals surface area contributed by atoms with Gasteiger partial charge in [0.15, 0.2) is 6.10 Å². The fraction of sp³-hybridized carbons (Fsp3) is 0.333. The van der Waals surface area contributed by atoms with E-state index >= 15 is 0 Å². The van der Waals surface area contributed by atoms with Crippen LogP contribution in [-0.2, 0) is 19.1 Å². The third-order valence-corrected chi connectivity index (χ3v) is 5.15. The lowest BCUT2D eigenvalue weighted by Gasteiger charge is -2.18. The summed E-state index contributed by atoms with van der Waals surface area (Å²) in [5, 5.41) is 8.44. The fourth-order valence-electron chi connectivity index (χ4n) is 3.28. The van der Waals surface area contributed by atoms with Crippen LogP contribution in [0.4, 0.5) is 4.39 Å². The van der Waals surface area contributed by atoms with Crippen LogP contribution in [0.2, 0.25) is 0 Å². The molecule has 32 heavy (non-hydrogen) atoms. The maximum atomic E-state index is 13.0. The maximum absolute atomic E-state index is 13.0. The minimum Gasteiger partial charge on any atom is -0.453 e. The Kier molecular flexibility index (Phi) is 7.70. The lowest BCUT2D eigenvalue weighted by molar-refractivity contribution is -0.156. The minimum absolute atomic E-state index is 0.0509. The zero-order chi connectivity index (χ0) is 23.1. The molecule has 1 aliphatic rings. The van der Waals surface area contributed by atoms with Crippen molar-refractivity contribution in [2.24, 2.45) is 5.10 Å². The van der Waals surface area contributed by atoms with Crippen molar-refractivity contribution in [3.8, 4) is 0 Å². The molecule has 0 unspecified atom stereocenters. The van der Waals surface area contributed by atoms with E-state index in [1.54, 1.807) is 19.1 Å². The molecule has 168 valence electrons. The Hall–Kier alpha value is -3.55. The molecule has 2 atom stereocenters. The highest BCUT2D eigenvalue weighted by Gasteiger charge is 2.24. The molecule has 2 aromatic carbocycles. The molecule has 3 rings (SSSR count). The summed E-state index contributed by atoms with van der Waals surface area (Å²) in [4.78, 5) is 36.8. The molecule has 0 radical (unpaired) electrons. The standard InChI is InChI=1S/C24H26FN3O4/c1-16(18-8-10-20(25)11-9-18)26-24(31)17(2)32-23(30)13-12-22(29)28-15-14-21(27-28)19-6-4-3-5-7-19/h3-11,16-17H,12-15H2,1-2H3,(H,26,31)/t16-,17-/m1/s1. The number of esters is 1. The van der Waals surface area contributed by atoms with E-state index in [0.717, 1.165) is 16.8 Å². The number of carbonyl (C=O) groups is 3. The largest absolute Gasteiger partial charge is 0.453 e. The first-order chi connectivity index (χ1) is 15.3. The number of amides is 2. The quantitative estimate of drug-likeness (QED) is 0.639. The van der Waals surface area contributed by atoms with E-state index in [2.05, 4.69) is 10.4 Å². The second kappa shape index (κ2) is 10.7. The zero-order valence-electron chi connectivity index (χ0n) is 18.1. The number of hydrazone groups is 1. The first kappa shape index (κ1) is 23.1. The van der Waals surface area contributed by atoms with E-state index in [4.69, 9.17) is 4.74 Å². The van der Waals surface area contributed by atoms with E-state index in [0.29, 0.717) is 13.0 Å². The highest BCUT2D eigenvalue weighted by molar-refractivity contribution is 6.02. The van der Waals surface area contributed by atoms with Crippen LogP contribution in [0.5, 0.6) is 0 Å². The predicted octanol–water partition coefficient (Wildman–Crippen LogP) is 3.35. The highest BCUT2D eigenvalue weighted by Crippen LogP contribution is 2.16. The number of benzene rings is 2. The molecule has 2 aromatic rings. The van der Waals surface area contributed by atoms with Crippen molar-refractivity contribution in [3.05, 3.63) is 71.5 Å². The van der Waals surface area contributed by atoms with Gasteiger partial charge in [0.25, 0.3) is 5.91 Å². The predicted molar refractivity (Wildman–Crippen MR) is 117 cm³/mol. The third kappa shape index (κ3) is 6.23. The van der Waals surface area contributed by atoms with Crippen molar-refractivity contribution in [2.75, 3.05) is 6.54 Å². The third-order valence-electron chi connectivity index (χ3n) is 5.15. The molecule has 0 fully saturated rings. The first-order valence-corrected chi connectivity index (χ1v) is 10.5. The number of halogens is 1. The Balaban J connectivity index is 1.43. The zero-order valence-corrected chi connectivity index (χ0v) is 18.1. The molecule has 1 aliphatic heterocycles. The van der Waals surface area contributed by atoms with Crippen LogP contribution in [0, 0.1) is 5.82 Å². The molecule has 1 heterocycles. The fourth-order valence-corrected chi connectivity index (χ4v) is 3.28. The molecule has 0 saturated carbocycles. The van der Waals surface area contributed by atoms with Gasteiger partial charge in [-0.3, -0.25) is 14.4 Å². The Morgan fingerprint density at radius 1 is 1.06 bits per heavy atom. The first-order valence-electron chi connectivity index (χ1n) is 10.5. The van der Waals surface area contributed by atoms with Gasteiger partial charge in [0, 0.05) is 12.8 Å². The van der Waals surface area contributed by atoms with Crippen LogP contribution >= 0.6 is 0 Å². The van der Waals surface area contributed by atoms with Crippen LogP contribution in [0.15, 0.2) is 59.7 Å². The van der Waals surface area contributed by atoms with Crippen molar-refractivity contribution >= 4 is 23.5 Å². The van der Waals surface area contributed by atoms with Gasteiger partial charge >= 0.3 is 5.97 Å². The smallest absolute Gasteiger partial charge is 0.307 e. The molecule has 0 aromatic heterocycles. The van der Waals surface area contributed by atoms with Gasteiger partial charge in [-0.25, -0.2) is 9.40 Å². The monoisotopic (exact) mass is 439 g/mol. The number of rotatable bonds is 8.